The van der Waals surface area contributed by atoms with E-state index in [0.29, 0.717) is 35.2 Å². The molecule has 1 amide bonds. The van der Waals surface area contributed by atoms with Gasteiger partial charge in [0.1, 0.15) is 0 Å². The molecule has 34 heavy (non-hydrogen) atoms. The normalized spacial score (nSPS) is 10.1. The van der Waals surface area contributed by atoms with Crippen molar-refractivity contribution in [2.24, 2.45) is 0 Å². The van der Waals surface area contributed by atoms with Crippen LogP contribution in [0.1, 0.15) is 25.0 Å². The minimum Gasteiger partial charge on any atom is -0.493 e. The molecule has 0 unspecified atom stereocenters. The summed E-state index contributed by atoms with van der Waals surface area (Å²) >= 11 is 0. The largest absolute Gasteiger partial charge is 0.493 e. The van der Waals surface area contributed by atoms with Crippen molar-refractivity contribution in [3.05, 3.63) is 77.9 Å². The molecule has 0 saturated carbocycles. The van der Waals surface area contributed by atoms with Crippen molar-refractivity contribution >= 4 is 29.0 Å². The number of carbonyl (C=O) groups is 1. The minimum atomic E-state index is -0.241. The van der Waals surface area contributed by atoms with E-state index in [0.717, 1.165) is 16.8 Å². The van der Waals surface area contributed by atoms with Gasteiger partial charge >= 0.3 is 0 Å². The summed E-state index contributed by atoms with van der Waals surface area (Å²) in [5.41, 5.74) is 9.74. The zero-order chi connectivity index (χ0) is 24.9. The molecule has 0 radical (unpaired) electrons. The number of ether oxygens (including phenoxy) is 3. The Balaban J connectivity index is 0.00000199. The van der Waals surface area contributed by atoms with Gasteiger partial charge in [-0.2, -0.15) is 0 Å². The van der Waals surface area contributed by atoms with Gasteiger partial charge in [0.05, 0.1) is 38.4 Å². The molecule has 0 aliphatic carbocycles. The van der Waals surface area contributed by atoms with Gasteiger partial charge in [0.25, 0.3) is 0 Å². The molecule has 7 heteroatoms. The second kappa shape index (κ2) is 13.4. The summed E-state index contributed by atoms with van der Waals surface area (Å²) in [6, 6.07) is 18.7. The average Bonchev–Trinajstić information content (AvgIpc) is 2.88. The number of anilines is 3. The third-order valence-electron chi connectivity index (χ3n) is 4.81. The van der Waals surface area contributed by atoms with Gasteiger partial charge in [0, 0.05) is 12.6 Å². The molecule has 0 bridgehead atoms. The predicted octanol–water partition coefficient (Wildman–Crippen LogP) is 5.58. The van der Waals surface area contributed by atoms with Crippen LogP contribution in [-0.4, -0.2) is 27.2 Å². The summed E-state index contributed by atoms with van der Waals surface area (Å²) < 4.78 is 16.2. The molecule has 0 aromatic heterocycles. The smallest absolute Gasteiger partial charge is 0.248 e. The number of hydrogen-bond acceptors (Lipinski definition) is 6. The molecule has 0 aliphatic heterocycles. The van der Waals surface area contributed by atoms with Crippen LogP contribution in [0.2, 0.25) is 0 Å². The second-order valence-corrected chi connectivity index (χ2v) is 6.89. The Bertz CT molecular complexity index is 1100. The fourth-order valence-corrected chi connectivity index (χ4v) is 3.14. The molecular formula is C27H33N3O4. The topological polar surface area (TPSA) is 94.8 Å². The number of hydrogen-bond donors (Lipinski definition) is 3. The first-order valence-corrected chi connectivity index (χ1v) is 11.0. The Hall–Kier alpha value is -4.13. The van der Waals surface area contributed by atoms with Gasteiger partial charge in [-0.3, -0.25) is 4.79 Å². The van der Waals surface area contributed by atoms with Crippen LogP contribution in [0.4, 0.5) is 17.1 Å². The van der Waals surface area contributed by atoms with Crippen LogP contribution in [0.25, 0.3) is 6.08 Å². The number of amides is 1. The van der Waals surface area contributed by atoms with Crippen LogP contribution in [0, 0.1) is 0 Å². The summed E-state index contributed by atoms with van der Waals surface area (Å²) in [7, 11) is 4.75. The first-order chi connectivity index (χ1) is 16.5. The van der Waals surface area contributed by atoms with Crippen molar-refractivity contribution < 1.29 is 19.0 Å². The highest BCUT2D eigenvalue weighted by atomic mass is 16.5. The van der Waals surface area contributed by atoms with Gasteiger partial charge in [-0.05, 0) is 41.5 Å². The second-order valence-electron chi connectivity index (χ2n) is 6.89. The number of rotatable bonds is 9. The van der Waals surface area contributed by atoms with E-state index in [1.807, 2.05) is 62.4 Å². The lowest BCUT2D eigenvalue weighted by Gasteiger charge is -2.16. The van der Waals surface area contributed by atoms with Crippen LogP contribution < -0.4 is 30.6 Å². The van der Waals surface area contributed by atoms with Gasteiger partial charge in [-0.25, -0.2) is 0 Å². The van der Waals surface area contributed by atoms with Crippen molar-refractivity contribution in [2.45, 2.75) is 20.4 Å². The van der Waals surface area contributed by atoms with E-state index in [4.69, 9.17) is 19.9 Å². The molecule has 180 valence electrons. The summed E-state index contributed by atoms with van der Waals surface area (Å²) in [6.45, 7) is 4.59. The molecule has 0 spiro atoms. The lowest BCUT2D eigenvalue weighted by atomic mass is 10.1. The summed E-state index contributed by atoms with van der Waals surface area (Å²) in [5.74, 6) is 1.48. The number of para-hydroxylation sites is 2. The van der Waals surface area contributed by atoms with Crippen molar-refractivity contribution in [1.29, 1.82) is 0 Å². The van der Waals surface area contributed by atoms with Crippen LogP contribution in [-0.2, 0) is 11.3 Å². The van der Waals surface area contributed by atoms with E-state index < -0.39 is 0 Å². The highest BCUT2D eigenvalue weighted by molar-refractivity contribution is 6.03. The molecule has 0 fully saturated rings. The van der Waals surface area contributed by atoms with E-state index >= 15 is 0 Å². The van der Waals surface area contributed by atoms with Crippen molar-refractivity contribution in [3.8, 4) is 17.2 Å². The number of carbonyl (C=O) groups excluding carboxylic acids is 1. The SMILES string of the molecule is CC.COc1ccc(NCc2ccc(/C=C/C(=O)Nc3ccccc3N)cc2)c(OC)c1OC. The number of nitrogens with one attached hydrogen (secondary N) is 2. The van der Waals surface area contributed by atoms with Crippen LogP contribution in [0.5, 0.6) is 17.2 Å². The Morgan fingerprint density at radius 1 is 0.853 bits per heavy atom. The van der Waals surface area contributed by atoms with Gasteiger partial charge in [0.15, 0.2) is 11.5 Å². The highest BCUT2D eigenvalue weighted by Crippen LogP contribution is 2.42. The Labute approximate surface area is 201 Å². The van der Waals surface area contributed by atoms with E-state index in [1.165, 1.54) is 6.08 Å². The molecule has 0 aliphatic rings. The molecular weight excluding hydrogens is 430 g/mol. The first kappa shape index (κ1) is 26.1. The molecule has 3 rings (SSSR count). The van der Waals surface area contributed by atoms with Crippen molar-refractivity contribution in [3.63, 3.8) is 0 Å². The molecule has 3 aromatic carbocycles. The van der Waals surface area contributed by atoms with E-state index in [2.05, 4.69) is 10.6 Å². The third-order valence-corrected chi connectivity index (χ3v) is 4.81. The molecule has 0 atom stereocenters. The summed E-state index contributed by atoms with van der Waals surface area (Å²) in [5, 5.41) is 6.12. The van der Waals surface area contributed by atoms with Gasteiger partial charge < -0.3 is 30.6 Å². The number of nitrogen functional groups attached to an aromatic ring is 1. The zero-order valence-corrected chi connectivity index (χ0v) is 20.3. The van der Waals surface area contributed by atoms with Gasteiger partial charge in [-0.15, -0.1) is 0 Å². The van der Waals surface area contributed by atoms with Crippen molar-refractivity contribution in [1.82, 2.24) is 0 Å². The maximum atomic E-state index is 12.1. The van der Waals surface area contributed by atoms with E-state index in [-0.39, 0.29) is 5.91 Å². The summed E-state index contributed by atoms with van der Waals surface area (Å²) in [4.78, 5) is 12.1. The molecule has 0 saturated heterocycles. The molecule has 7 nitrogen and oxygen atoms in total. The molecule has 3 aromatic rings. The number of benzene rings is 3. The lowest BCUT2D eigenvalue weighted by molar-refractivity contribution is -0.111. The molecule has 0 heterocycles. The molecule has 4 N–H and O–H groups in total. The van der Waals surface area contributed by atoms with Crippen molar-refractivity contribution in [2.75, 3.05) is 37.7 Å². The number of nitrogens with two attached hydrogens (primary N) is 1. The maximum absolute atomic E-state index is 12.1. The lowest BCUT2D eigenvalue weighted by Crippen LogP contribution is -2.09. The fourth-order valence-electron chi connectivity index (χ4n) is 3.14. The average molecular weight is 464 g/mol. The first-order valence-electron chi connectivity index (χ1n) is 11.0. The fraction of sp³-hybridized carbons (Fsp3) is 0.222. The Morgan fingerprint density at radius 2 is 1.53 bits per heavy atom. The van der Waals surface area contributed by atoms with Crippen LogP contribution in [0.3, 0.4) is 0 Å². The Kier molecular flexibility index (Phi) is 10.3. The Morgan fingerprint density at radius 3 is 2.15 bits per heavy atom. The maximum Gasteiger partial charge on any atom is 0.248 e. The minimum absolute atomic E-state index is 0.241. The highest BCUT2D eigenvalue weighted by Gasteiger charge is 2.15. The van der Waals surface area contributed by atoms with E-state index in [9.17, 15) is 4.79 Å². The number of methoxy groups -OCH3 is 3. The quantitative estimate of drug-likeness (QED) is 0.283. The van der Waals surface area contributed by atoms with Crippen LogP contribution >= 0.6 is 0 Å². The zero-order valence-electron chi connectivity index (χ0n) is 20.3. The summed E-state index contributed by atoms with van der Waals surface area (Å²) in [6.07, 6.45) is 3.23. The predicted molar refractivity (Wildman–Crippen MR) is 140 cm³/mol. The van der Waals surface area contributed by atoms with Crippen LogP contribution in [0.15, 0.2) is 66.7 Å². The van der Waals surface area contributed by atoms with Gasteiger partial charge in [0.2, 0.25) is 11.7 Å². The monoisotopic (exact) mass is 463 g/mol. The standard InChI is InChI=1S/C25H27N3O4.C2H6/c1-30-22-14-13-21(24(31-2)25(22)32-3)27-16-18-10-8-17(9-11-18)12-15-23(29)28-20-7-5-4-6-19(20)26;1-2/h4-15,27H,16,26H2,1-3H3,(H,28,29);1-2H3/b15-12+;. The van der Waals surface area contributed by atoms with E-state index in [1.54, 1.807) is 39.5 Å². The third kappa shape index (κ3) is 6.93. The van der Waals surface area contributed by atoms with Gasteiger partial charge in [-0.1, -0.05) is 50.2 Å².